The molecule has 1 fully saturated rings. The van der Waals surface area contributed by atoms with Crippen molar-refractivity contribution in [1.82, 2.24) is 10.2 Å². The van der Waals surface area contributed by atoms with Crippen molar-refractivity contribution in [3.05, 3.63) is 35.4 Å². The average Bonchev–Trinajstić information content (AvgIpc) is 2.99. The number of benzene rings is 1. The number of unbranched alkanes of at least 4 members (excludes halogenated alkanes) is 2. The van der Waals surface area contributed by atoms with Crippen molar-refractivity contribution >= 4 is 11.7 Å². The largest absolute Gasteiger partial charge is 0.508 e. The van der Waals surface area contributed by atoms with Gasteiger partial charge in [-0.1, -0.05) is 37.9 Å². The number of allylic oxidation sites excluding steroid dienone is 1. The fourth-order valence-electron chi connectivity index (χ4n) is 7.40. The first-order valence-electron chi connectivity index (χ1n) is 16.3. The number of aliphatic hydroxyl groups excluding tert-OH is 2. The van der Waals surface area contributed by atoms with Crippen LogP contribution in [0.1, 0.15) is 90.0 Å². The van der Waals surface area contributed by atoms with E-state index < -0.39 is 17.7 Å². The van der Waals surface area contributed by atoms with Crippen molar-refractivity contribution in [3.8, 4) is 11.5 Å². The normalized spacial score (nSPS) is 28.4. The Bertz CT molecular complexity index is 1140. The Morgan fingerprint density at radius 3 is 2.53 bits per heavy atom. The van der Waals surface area contributed by atoms with Crippen LogP contribution in [0.15, 0.2) is 35.0 Å². The van der Waals surface area contributed by atoms with Gasteiger partial charge in [0.05, 0.1) is 11.6 Å². The van der Waals surface area contributed by atoms with E-state index in [1.54, 1.807) is 23.1 Å². The average molecular weight is 602 g/mol. The van der Waals surface area contributed by atoms with Gasteiger partial charge in [0.25, 0.3) is 0 Å². The Labute approximate surface area is 255 Å². The molecule has 0 saturated heterocycles. The molecule has 10 heteroatoms. The number of nitrogens with one attached hydrogen (secondary N) is 1. The van der Waals surface area contributed by atoms with E-state index in [4.69, 9.17) is 9.57 Å². The zero-order valence-electron chi connectivity index (χ0n) is 26.0. The molecule has 3 aliphatic rings. The minimum atomic E-state index is -1.75. The predicted octanol–water partition coefficient (Wildman–Crippen LogP) is 4.67. The number of hydrogen-bond donors (Lipinski definition) is 5. The molecule has 1 saturated carbocycles. The summed E-state index contributed by atoms with van der Waals surface area (Å²) in [5, 5.41) is 50.2. The Morgan fingerprint density at radius 2 is 1.86 bits per heavy atom. The van der Waals surface area contributed by atoms with Crippen molar-refractivity contribution in [2.45, 2.75) is 96.3 Å². The molecular formula is C33H51N3O7. The van der Waals surface area contributed by atoms with Gasteiger partial charge in [-0.05, 0) is 81.1 Å². The lowest BCUT2D eigenvalue weighted by atomic mass is 9.55. The summed E-state index contributed by atoms with van der Waals surface area (Å²) in [6.07, 6.45) is 8.63. The van der Waals surface area contributed by atoms with E-state index >= 15 is 0 Å². The highest BCUT2D eigenvalue weighted by atomic mass is 16.6. The lowest BCUT2D eigenvalue weighted by Crippen LogP contribution is -2.69. The molecule has 240 valence electrons. The standard InChI is InChI=1S/C33H51N3O7/c1-4-15-34-32(40)36(16-5-2)29-21-27(35-42-6-3)25-19-22(11-7-9-17-37)24(12-8-10-18-38)30-26-20-23(39)13-14-28(26)43-33(29,41)31(25)30/h13-14,19-20,22,24,29-31,37-39,41H,4-12,15-18,21H2,1-3H3,(H,34,40). The lowest BCUT2D eigenvalue weighted by Gasteiger charge is -2.58. The first-order valence-corrected chi connectivity index (χ1v) is 16.3. The van der Waals surface area contributed by atoms with Gasteiger partial charge >= 0.3 is 6.03 Å². The number of amides is 2. The van der Waals surface area contributed by atoms with Crippen LogP contribution in [0.2, 0.25) is 0 Å². The van der Waals surface area contributed by atoms with Crippen molar-refractivity contribution in [2.75, 3.05) is 32.9 Å². The van der Waals surface area contributed by atoms with Crippen LogP contribution in [0.25, 0.3) is 0 Å². The van der Waals surface area contributed by atoms with Crippen LogP contribution in [0.4, 0.5) is 4.79 Å². The Morgan fingerprint density at radius 1 is 1.12 bits per heavy atom. The summed E-state index contributed by atoms with van der Waals surface area (Å²) < 4.78 is 6.58. The van der Waals surface area contributed by atoms with Crippen molar-refractivity contribution in [2.24, 2.45) is 22.9 Å². The molecule has 0 spiro atoms. The van der Waals surface area contributed by atoms with Crippen LogP contribution in [0.3, 0.4) is 0 Å². The highest BCUT2D eigenvalue weighted by molar-refractivity contribution is 6.03. The van der Waals surface area contributed by atoms with Crippen LogP contribution in [0.5, 0.6) is 11.5 Å². The molecule has 4 rings (SSSR count). The van der Waals surface area contributed by atoms with Crippen molar-refractivity contribution < 1.29 is 34.8 Å². The second-order valence-corrected chi connectivity index (χ2v) is 12.1. The minimum absolute atomic E-state index is 0.0654. The van der Waals surface area contributed by atoms with Gasteiger partial charge in [-0.3, -0.25) is 0 Å². The van der Waals surface area contributed by atoms with Gasteiger partial charge in [-0.2, -0.15) is 0 Å². The number of phenols is 1. The zero-order valence-corrected chi connectivity index (χ0v) is 26.0. The van der Waals surface area contributed by atoms with E-state index in [1.165, 1.54) is 0 Å². The van der Waals surface area contributed by atoms with E-state index in [0.717, 1.165) is 43.2 Å². The molecule has 2 aliphatic carbocycles. The number of rotatable bonds is 15. The molecule has 1 aromatic rings. The van der Waals surface area contributed by atoms with Gasteiger partial charge < -0.3 is 40.2 Å². The first kappa shape index (κ1) is 33.1. The summed E-state index contributed by atoms with van der Waals surface area (Å²) in [5.74, 6) is -1.75. The number of aromatic hydroxyl groups is 1. The molecule has 5 N–H and O–H groups in total. The van der Waals surface area contributed by atoms with Crippen LogP contribution < -0.4 is 10.1 Å². The molecule has 10 nitrogen and oxygen atoms in total. The fourth-order valence-corrected chi connectivity index (χ4v) is 7.40. The third kappa shape index (κ3) is 6.97. The number of hydrogen-bond acceptors (Lipinski definition) is 8. The smallest absolute Gasteiger partial charge is 0.317 e. The number of oxime groups is 1. The molecule has 6 unspecified atom stereocenters. The van der Waals surface area contributed by atoms with Crippen molar-refractivity contribution in [1.29, 1.82) is 0 Å². The number of nitrogens with zero attached hydrogens (tertiary/aromatic N) is 2. The maximum absolute atomic E-state index is 13.6. The van der Waals surface area contributed by atoms with Crippen LogP contribution in [-0.2, 0) is 4.84 Å². The van der Waals surface area contributed by atoms with E-state index in [9.17, 15) is 25.2 Å². The van der Waals surface area contributed by atoms with Gasteiger partial charge in [0.2, 0.25) is 5.79 Å². The number of phenolic OH excluding ortho intramolecular Hbond substituents is 1. The number of ether oxygens (including phenoxy) is 1. The molecule has 1 heterocycles. The zero-order chi connectivity index (χ0) is 31.0. The first-order chi connectivity index (χ1) is 20.8. The third-order valence-corrected chi connectivity index (χ3v) is 9.19. The number of carbonyl (C=O) groups is 1. The van der Waals surface area contributed by atoms with Gasteiger partial charge in [0.1, 0.15) is 24.1 Å². The summed E-state index contributed by atoms with van der Waals surface area (Å²) in [4.78, 5) is 20.9. The molecule has 6 atom stereocenters. The SMILES string of the molecule is CCCNC(=O)N(CCC)C1CC(=NOCC)C2=CC(CCCCO)C(CCCCO)C3c4cc(O)ccc4OC1(O)C23. The molecule has 1 aromatic carbocycles. The second-order valence-electron chi connectivity index (χ2n) is 12.1. The molecule has 0 radical (unpaired) electrons. The molecule has 43 heavy (non-hydrogen) atoms. The topological polar surface area (TPSA) is 144 Å². The van der Waals surface area contributed by atoms with E-state index in [-0.39, 0.29) is 49.2 Å². The van der Waals surface area contributed by atoms with Crippen LogP contribution >= 0.6 is 0 Å². The van der Waals surface area contributed by atoms with E-state index in [1.807, 2.05) is 20.8 Å². The minimum Gasteiger partial charge on any atom is -0.508 e. The van der Waals surface area contributed by atoms with E-state index in [0.29, 0.717) is 50.4 Å². The Hall–Kier alpha value is -2.82. The van der Waals surface area contributed by atoms with Crippen LogP contribution in [-0.4, -0.2) is 81.8 Å². The van der Waals surface area contributed by atoms with E-state index in [2.05, 4.69) is 16.5 Å². The Balaban J connectivity index is 1.92. The summed E-state index contributed by atoms with van der Waals surface area (Å²) in [7, 11) is 0. The molecular weight excluding hydrogens is 550 g/mol. The molecule has 2 amide bonds. The molecule has 0 bridgehead atoms. The van der Waals surface area contributed by atoms with Crippen LogP contribution in [0, 0.1) is 17.8 Å². The lowest BCUT2D eigenvalue weighted by molar-refractivity contribution is -0.228. The van der Waals surface area contributed by atoms with Gasteiger partial charge in [0, 0.05) is 44.2 Å². The molecule has 0 aromatic heterocycles. The van der Waals surface area contributed by atoms with Gasteiger partial charge in [0.15, 0.2) is 0 Å². The summed E-state index contributed by atoms with van der Waals surface area (Å²) >= 11 is 0. The third-order valence-electron chi connectivity index (χ3n) is 9.19. The quantitative estimate of drug-likeness (QED) is 0.145. The fraction of sp³-hybridized carbons (Fsp3) is 0.697. The Kier molecular flexibility index (Phi) is 11.7. The summed E-state index contributed by atoms with van der Waals surface area (Å²) in [5.41, 5.74) is 2.39. The highest BCUT2D eigenvalue weighted by Gasteiger charge is 2.64. The number of fused-ring (bicyclic) bond motifs is 2. The summed E-state index contributed by atoms with van der Waals surface area (Å²) in [6, 6.07) is 4.04. The monoisotopic (exact) mass is 601 g/mol. The maximum atomic E-state index is 13.6. The number of urea groups is 1. The van der Waals surface area contributed by atoms with Gasteiger partial charge in [-0.15, -0.1) is 0 Å². The predicted molar refractivity (Wildman–Crippen MR) is 165 cm³/mol. The highest BCUT2D eigenvalue weighted by Crippen LogP contribution is 2.60. The molecule has 1 aliphatic heterocycles. The second kappa shape index (κ2) is 15.3. The summed E-state index contributed by atoms with van der Waals surface area (Å²) in [6.45, 7) is 7.44. The number of carbonyl (C=O) groups excluding carboxylic acids is 1. The van der Waals surface area contributed by atoms with Gasteiger partial charge in [-0.25, -0.2) is 4.79 Å². The number of aliphatic hydroxyl groups is 3. The maximum Gasteiger partial charge on any atom is 0.317 e. The van der Waals surface area contributed by atoms with Crippen molar-refractivity contribution in [3.63, 3.8) is 0 Å².